The number of hydrogen-bond donors (Lipinski definition) is 16. The van der Waals surface area contributed by atoms with Crippen LogP contribution in [0.15, 0.2) is 320 Å². The van der Waals surface area contributed by atoms with Gasteiger partial charge in [-0.15, -0.1) is 40.9 Å². The van der Waals surface area contributed by atoms with Crippen molar-refractivity contribution in [2.45, 2.75) is 26.4 Å². The molecule has 38 heteroatoms. The van der Waals surface area contributed by atoms with Crippen molar-refractivity contribution in [3.8, 4) is 47.2 Å². The minimum Gasteiger partial charge on any atom is -0.505 e. The quantitative estimate of drug-likeness (QED) is 0.0209. The number of nitrogens with zero attached hydrogens (tertiary/aromatic N) is 16. The van der Waals surface area contributed by atoms with Crippen molar-refractivity contribution in [3.63, 3.8) is 0 Å². The second-order valence-corrected chi connectivity index (χ2v) is 29.6. The van der Waals surface area contributed by atoms with Gasteiger partial charge in [-0.25, -0.2) is 19.5 Å². The van der Waals surface area contributed by atoms with Gasteiger partial charge in [0, 0.05) is 62.8 Å². The van der Waals surface area contributed by atoms with E-state index >= 15 is 0 Å². The van der Waals surface area contributed by atoms with E-state index in [4.69, 9.17) is 36.8 Å². The van der Waals surface area contributed by atoms with Gasteiger partial charge in [-0.1, -0.05) is 158 Å². The number of aromatic amines is 3. The van der Waals surface area contributed by atoms with Crippen LogP contribution in [0.5, 0.6) is 23.0 Å². The van der Waals surface area contributed by atoms with Crippen LogP contribution in [0.25, 0.3) is 60.1 Å². The van der Waals surface area contributed by atoms with Gasteiger partial charge in [0.1, 0.15) is 52.3 Å². The number of nitrogens with two attached hydrogens (primary N) is 1. The van der Waals surface area contributed by atoms with Gasteiger partial charge in [0.25, 0.3) is 35.5 Å². The molecule has 0 fully saturated rings. The predicted molar refractivity (Wildman–Crippen MR) is 505 cm³/mol. The highest BCUT2D eigenvalue weighted by atomic mass is 16.3. The number of H-pyrrole nitrogens is 3. The van der Waals surface area contributed by atoms with Crippen LogP contribution >= 0.6 is 0 Å². The Morgan fingerprint density at radius 2 is 0.752 bits per heavy atom. The highest BCUT2D eigenvalue weighted by Gasteiger charge is 2.26. The normalized spacial score (nSPS) is 11.1. The van der Waals surface area contributed by atoms with E-state index in [1.54, 1.807) is 217 Å². The van der Waals surface area contributed by atoms with E-state index < -0.39 is 35.3 Å². The summed E-state index contributed by atoms with van der Waals surface area (Å²) in [6, 6.07) is 78.8. The Balaban J connectivity index is 0.000000139. The number of hydrogen-bond acceptors (Lipinski definition) is 29. The predicted octanol–water partition coefficient (Wildman–Crippen LogP) is 18.9. The second-order valence-electron chi connectivity index (χ2n) is 29.6. The monoisotopic (exact) mass is 1820 g/mol. The van der Waals surface area contributed by atoms with Gasteiger partial charge in [0.15, 0.2) is 46.7 Å². The summed E-state index contributed by atoms with van der Waals surface area (Å²) in [5, 5.41) is 163. The summed E-state index contributed by atoms with van der Waals surface area (Å²) in [6.07, 6.45) is 5.14. The molecule has 5 aromatic heterocycles. The molecule has 18 aromatic rings. The molecular formula is C99H72N24O14. The number of fused-ring (bicyclic) bond motifs is 5. The van der Waals surface area contributed by atoms with Gasteiger partial charge in [0.2, 0.25) is 5.95 Å². The summed E-state index contributed by atoms with van der Waals surface area (Å²) >= 11 is 0. The largest absolute Gasteiger partial charge is 0.505 e. The molecule has 0 saturated carbocycles. The number of amides is 5. The average molecular weight is 1820 g/mol. The highest BCUT2D eigenvalue weighted by molar-refractivity contribution is 6.15. The van der Waals surface area contributed by atoms with Gasteiger partial charge in [-0.2, -0.15) is 20.9 Å². The number of imidazole rings is 1. The first-order chi connectivity index (χ1) is 66.7. The summed E-state index contributed by atoms with van der Waals surface area (Å²) in [5.74, 6) is -3.45. The molecule has 672 valence electrons. The molecule has 18 rings (SSSR count). The zero-order valence-electron chi connectivity index (χ0n) is 71.2. The van der Waals surface area contributed by atoms with Crippen LogP contribution in [0.3, 0.4) is 0 Å². The van der Waals surface area contributed by atoms with Gasteiger partial charge < -0.3 is 77.8 Å². The maximum atomic E-state index is 13.2. The Labute approximate surface area is 773 Å². The number of rotatable bonds is 23. The summed E-state index contributed by atoms with van der Waals surface area (Å²) in [4.78, 5) is 93.0. The summed E-state index contributed by atoms with van der Waals surface area (Å²) in [6.45, 7) is -0.430. The second kappa shape index (κ2) is 42.2. The number of anilines is 4. The molecule has 13 aromatic carbocycles. The summed E-state index contributed by atoms with van der Waals surface area (Å²) in [5.41, 5.74) is 12.1. The maximum absolute atomic E-state index is 13.2. The van der Waals surface area contributed by atoms with Crippen molar-refractivity contribution < 1.29 is 69.6 Å². The first-order valence-corrected chi connectivity index (χ1v) is 41.1. The van der Waals surface area contributed by atoms with Crippen molar-refractivity contribution in [1.29, 1.82) is 15.8 Å². The van der Waals surface area contributed by atoms with E-state index in [0.717, 1.165) is 11.1 Å². The zero-order chi connectivity index (χ0) is 96.2. The number of nitriles is 3. The molecule has 0 aliphatic heterocycles. The fraction of sp³-hybridized carbons (Fsp3) is 0.0404. The molecule has 17 N–H and O–H groups in total. The Bertz CT molecular complexity index is 7920. The fourth-order valence-corrected chi connectivity index (χ4v) is 13.9. The molecule has 0 spiro atoms. The van der Waals surface area contributed by atoms with Crippen LogP contribution < -0.4 is 27.0 Å². The Hall–Kier alpha value is -19.8. The molecule has 38 nitrogen and oxygen atoms in total. The number of nitrogens with one attached hydrogen (secondary N) is 7. The molecular weight excluding hydrogens is 1750 g/mol. The van der Waals surface area contributed by atoms with Gasteiger partial charge in [-0.05, 0) is 141 Å². The molecule has 0 aliphatic rings. The first-order valence-electron chi connectivity index (χ1n) is 41.1. The van der Waals surface area contributed by atoms with Crippen molar-refractivity contribution >= 4 is 159 Å². The minimum absolute atomic E-state index is 0.00389. The van der Waals surface area contributed by atoms with Crippen molar-refractivity contribution in [2.24, 2.45) is 46.6 Å². The van der Waals surface area contributed by atoms with Gasteiger partial charge in [0.05, 0.1) is 82.6 Å². The Kier molecular flexibility index (Phi) is 28.3. The summed E-state index contributed by atoms with van der Waals surface area (Å²) < 4.78 is 1.67. The molecule has 0 bridgehead atoms. The van der Waals surface area contributed by atoms with Crippen molar-refractivity contribution in [2.75, 3.05) is 21.3 Å². The SMILES string of the molecule is N#Cc1[nH]c(N=Nc2c(O)c(C(=O)Nc3ccc(CO)cc3)cc3ccccc23)cc1C(N)=O.N#Cc1cc(N=Nc2c(O)c(C(=O)Nc3ccc(CO)cc3)cc3ccccc23)[nH]c1C#N.O=C(Nc1ccc(CO)cc1)c1cc2ccccc2c(N=Nc2nc3ccccc3n2-c2ncccn2)c1O.O=Cc1cn[nH]c1N=Nc1c(O)c(C(=O)Nc2ccc(CO)cc2)cc2ccccc12. The topological polar surface area (TPSA) is 613 Å². The van der Waals surface area contributed by atoms with E-state index in [1.807, 2.05) is 60.7 Å². The number of phenols is 4. The lowest BCUT2D eigenvalue weighted by atomic mass is 10.0. The molecule has 0 unspecified atom stereocenters. The van der Waals surface area contributed by atoms with Gasteiger partial charge in [-0.3, -0.25) is 33.9 Å². The number of para-hydroxylation sites is 2. The summed E-state index contributed by atoms with van der Waals surface area (Å²) in [7, 11) is 0. The Morgan fingerprint density at radius 1 is 0.401 bits per heavy atom. The van der Waals surface area contributed by atoms with Crippen molar-refractivity contribution in [1.82, 2.24) is 39.7 Å². The Morgan fingerprint density at radius 3 is 1.10 bits per heavy atom. The number of aldehydes is 1. The number of benzene rings is 13. The molecule has 5 amide bonds. The third kappa shape index (κ3) is 20.9. The number of carbonyl (C=O) groups excluding carboxylic acids is 6. The third-order valence-electron chi connectivity index (χ3n) is 20.8. The number of azo groups is 4. The van der Waals surface area contributed by atoms with Crippen LogP contribution in [-0.2, 0) is 26.4 Å². The molecule has 0 saturated heterocycles. The number of aliphatic hydroxyl groups is 4. The van der Waals surface area contributed by atoms with E-state index in [1.165, 1.54) is 24.4 Å². The smallest absolute Gasteiger partial charge is 0.259 e. The maximum Gasteiger partial charge on any atom is 0.259 e. The van der Waals surface area contributed by atoms with Crippen LogP contribution in [0.4, 0.5) is 68.9 Å². The number of aliphatic hydroxyl groups excluding tert-OH is 4. The number of phenolic OH excluding ortho intramolecular Hbond substituents is 4. The molecule has 0 radical (unpaired) electrons. The fourth-order valence-electron chi connectivity index (χ4n) is 13.9. The van der Waals surface area contributed by atoms with Gasteiger partial charge >= 0.3 is 0 Å². The van der Waals surface area contributed by atoms with Crippen LogP contribution in [0, 0.1) is 34.0 Å². The average Bonchev–Trinajstić information content (AvgIpc) is 1.69. The standard InChI is InChI=1S/C29H21N7O3.C24H18N6O4.C24H16N6O3.C22H17N5O4/c37-17-18-10-12-20(13-11-18)32-27(39)22-16-19-6-1-2-7-21(19)25(26(22)38)34-35-29-33-23-8-3-4-9-24(23)36(29)28-30-14-5-15-31-28;25-11-19-17(23(26)33)10-20(28-19)29-30-21-16-4-2-1-3-14(16)9-18(22(21)32)24(34)27-15-7-5-13(12-31)6-8-15;25-11-16-10-21(28-20(16)12-26)29-30-22-18-4-2-1-3-15(18)9-19(23(22)32)24(33)27-17-7-5-14(13-31)6-8-17;28-11-13-5-7-16(8-6-13)24-22(31)18-9-14-3-1-2-4-17(14)19(20(18)30)25-27-21-15(12-29)10-23-26-21/h1-16,37-38H,17H2,(H,32,39);1-10,28,31-32H,12H2,(H2,26,33)(H,27,34);1-10,28,31-32H,13H2,(H,27,33);1-10,12,28,30H,11H2,(H,23,26)(H,24,31). The lowest BCUT2D eigenvalue weighted by molar-refractivity contribution is 0.0994. The lowest BCUT2D eigenvalue weighted by Crippen LogP contribution is -2.12. The number of carbonyl (C=O) groups is 6. The first kappa shape index (κ1) is 91.9. The highest BCUT2D eigenvalue weighted by Crippen LogP contribution is 2.45. The zero-order valence-corrected chi connectivity index (χ0v) is 71.2. The van der Waals surface area contributed by atoms with E-state index in [2.05, 4.69) is 97.3 Å². The molecule has 0 atom stereocenters. The number of aromatic nitrogens is 8. The molecule has 5 heterocycles. The van der Waals surface area contributed by atoms with Crippen LogP contribution in [0.1, 0.15) is 101 Å². The number of aromatic hydroxyl groups is 4. The van der Waals surface area contributed by atoms with Crippen LogP contribution in [0.2, 0.25) is 0 Å². The van der Waals surface area contributed by atoms with E-state index in [9.17, 15) is 54.3 Å². The van der Waals surface area contributed by atoms with E-state index in [-0.39, 0.29) is 140 Å². The molecule has 137 heavy (non-hydrogen) atoms. The number of primary amides is 1. The lowest BCUT2D eigenvalue weighted by Gasteiger charge is -2.11. The van der Waals surface area contributed by atoms with E-state index in [0.29, 0.717) is 100 Å². The third-order valence-corrected chi connectivity index (χ3v) is 20.8. The van der Waals surface area contributed by atoms with Crippen molar-refractivity contribution in [3.05, 3.63) is 352 Å². The minimum atomic E-state index is -0.798. The molecule has 0 aliphatic carbocycles. The van der Waals surface area contributed by atoms with Crippen LogP contribution in [-0.4, -0.2) is 116 Å².